The van der Waals surface area contributed by atoms with Gasteiger partial charge in [0.25, 0.3) is 0 Å². The molecule has 0 aliphatic heterocycles. The molecule has 0 radical (unpaired) electrons. The standard InChI is InChI=1S/C9H6O10/c1-3(7(15)19-9(17)6(13)14)2-4(10)18-8(16)5(11)12/h2H,1H3,(H,11,12)(H,13,14)/b3-2-. The number of carboxylic acid groups (broad SMARTS) is 2. The van der Waals surface area contributed by atoms with Gasteiger partial charge < -0.3 is 19.7 Å². The molecule has 0 aromatic rings. The zero-order valence-electron chi connectivity index (χ0n) is 9.24. The summed E-state index contributed by atoms with van der Waals surface area (Å²) >= 11 is 0. The van der Waals surface area contributed by atoms with Crippen LogP contribution in [0.1, 0.15) is 6.92 Å². The lowest BCUT2D eigenvalue weighted by Gasteiger charge is -1.99. The minimum atomic E-state index is -2.02. The van der Waals surface area contributed by atoms with E-state index >= 15 is 0 Å². The number of esters is 4. The number of aliphatic carboxylic acids is 2. The lowest BCUT2D eigenvalue weighted by atomic mass is 10.3. The molecule has 0 fully saturated rings. The average molecular weight is 274 g/mol. The van der Waals surface area contributed by atoms with Gasteiger partial charge in [0.15, 0.2) is 0 Å². The van der Waals surface area contributed by atoms with E-state index < -0.39 is 41.4 Å². The quantitative estimate of drug-likeness (QED) is 0.255. The van der Waals surface area contributed by atoms with Crippen LogP contribution in [-0.4, -0.2) is 46.0 Å². The normalized spacial score (nSPS) is 10.3. The number of carboxylic acids is 2. The fourth-order valence-corrected chi connectivity index (χ4v) is 0.609. The lowest BCUT2D eigenvalue weighted by molar-refractivity contribution is -0.170. The number of ether oxygens (including phenoxy) is 2. The first-order valence-electron chi connectivity index (χ1n) is 4.32. The topological polar surface area (TPSA) is 161 Å². The van der Waals surface area contributed by atoms with E-state index in [1.807, 2.05) is 0 Å². The molecule has 0 spiro atoms. The summed E-state index contributed by atoms with van der Waals surface area (Å²) in [4.78, 5) is 63.0. The summed E-state index contributed by atoms with van der Waals surface area (Å²) in [6, 6.07) is 0. The molecule has 0 amide bonds. The van der Waals surface area contributed by atoms with Crippen molar-refractivity contribution in [3.63, 3.8) is 0 Å². The summed E-state index contributed by atoms with van der Waals surface area (Å²) in [5, 5.41) is 16.2. The summed E-state index contributed by atoms with van der Waals surface area (Å²) < 4.78 is 7.49. The van der Waals surface area contributed by atoms with Gasteiger partial charge in [-0.3, -0.25) is 0 Å². The van der Waals surface area contributed by atoms with E-state index in [1.54, 1.807) is 0 Å². The SMILES string of the molecule is C/C(=C/C(=O)OC(=O)C(=O)O)C(=O)OC(=O)C(=O)O. The van der Waals surface area contributed by atoms with E-state index in [0.717, 1.165) is 6.92 Å². The van der Waals surface area contributed by atoms with Gasteiger partial charge in [-0.15, -0.1) is 0 Å². The lowest BCUT2D eigenvalue weighted by Crippen LogP contribution is -2.22. The molecular formula is C9H6O10. The highest BCUT2D eigenvalue weighted by molar-refractivity contribution is 6.32. The number of carbonyl (C=O) groups excluding carboxylic acids is 4. The maximum atomic E-state index is 11.0. The van der Waals surface area contributed by atoms with E-state index in [4.69, 9.17) is 10.2 Å². The van der Waals surface area contributed by atoms with E-state index in [0.29, 0.717) is 6.08 Å². The van der Waals surface area contributed by atoms with Crippen LogP contribution in [0.2, 0.25) is 0 Å². The van der Waals surface area contributed by atoms with Gasteiger partial charge in [-0.1, -0.05) is 0 Å². The van der Waals surface area contributed by atoms with Crippen molar-refractivity contribution >= 4 is 35.8 Å². The van der Waals surface area contributed by atoms with Crippen molar-refractivity contribution in [2.75, 3.05) is 0 Å². The van der Waals surface area contributed by atoms with Crippen molar-refractivity contribution in [2.24, 2.45) is 0 Å². The Kier molecular flexibility index (Phi) is 5.57. The molecular weight excluding hydrogens is 268 g/mol. The Morgan fingerprint density at radius 2 is 1.21 bits per heavy atom. The van der Waals surface area contributed by atoms with Crippen LogP contribution < -0.4 is 0 Å². The molecule has 0 unspecified atom stereocenters. The molecule has 102 valence electrons. The Bertz CT molecular complexity index is 497. The first-order valence-corrected chi connectivity index (χ1v) is 4.32. The smallest absolute Gasteiger partial charge is 0.425 e. The van der Waals surface area contributed by atoms with E-state index in [-0.39, 0.29) is 0 Å². The van der Waals surface area contributed by atoms with Gasteiger partial charge in [0.2, 0.25) is 0 Å². The van der Waals surface area contributed by atoms with Gasteiger partial charge in [-0.2, -0.15) is 0 Å². The Morgan fingerprint density at radius 3 is 1.63 bits per heavy atom. The molecule has 0 aliphatic carbocycles. The Balaban J connectivity index is 4.64. The second-order valence-corrected chi connectivity index (χ2v) is 2.82. The maximum Gasteiger partial charge on any atom is 0.425 e. The predicted molar refractivity (Wildman–Crippen MR) is 51.2 cm³/mol. The van der Waals surface area contributed by atoms with Crippen molar-refractivity contribution < 1.29 is 48.5 Å². The third kappa shape index (κ3) is 5.72. The maximum absolute atomic E-state index is 11.0. The molecule has 0 atom stereocenters. The molecule has 19 heavy (non-hydrogen) atoms. The van der Waals surface area contributed by atoms with Crippen molar-refractivity contribution in [1.29, 1.82) is 0 Å². The van der Waals surface area contributed by atoms with Crippen molar-refractivity contribution in [1.82, 2.24) is 0 Å². The fourth-order valence-electron chi connectivity index (χ4n) is 0.609. The molecule has 0 aromatic heterocycles. The predicted octanol–water partition coefficient (Wildman–Crippen LogP) is -1.76. The molecule has 0 aromatic carbocycles. The molecule has 2 N–H and O–H groups in total. The summed E-state index contributed by atoms with van der Waals surface area (Å²) in [5.41, 5.74) is -0.571. The van der Waals surface area contributed by atoms with E-state index in [9.17, 15) is 28.8 Å². The van der Waals surface area contributed by atoms with Crippen LogP contribution in [0.25, 0.3) is 0 Å². The number of carbonyl (C=O) groups is 6. The van der Waals surface area contributed by atoms with Gasteiger partial charge in [-0.05, 0) is 6.92 Å². The summed E-state index contributed by atoms with van der Waals surface area (Å²) in [5.74, 6) is -10.7. The van der Waals surface area contributed by atoms with Gasteiger partial charge in [0.05, 0.1) is 0 Å². The van der Waals surface area contributed by atoms with Gasteiger partial charge >= 0.3 is 35.8 Å². The molecule has 0 saturated heterocycles. The molecule has 10 nitrogen and oxygen atoms in total. The van der Waals surface area contributed by atoms with Crippen LogP contribution in [-0.2, 0) is 38.2 Å². The van der Waals surface area contributed by atoms with Crippen molar-refractivity contribution in [3.8, 4) is 0 Å². The fraction of sp³-hybridized carbons (Fsp3) is 0.111. The molecule has 10 heteroatoms. The summed E-state index contributed by atoms with van der Waals surface area (Å²) in [6.07, 6.45) is 0.359. The van der Waals surface area contributed by atoms with Crippen molar-refractivity contribution in [2.45, 2.75) is 6.92 Å². The average Bonchev–Trinajstić information content (AvgIpc) is 2.27. The molecule has 0 rings (SSSR count). The monoisotopic (exact) mass is 274 g/mol. The Hall–Kier alpha value is -3.04. The third-order valence-corrected chi connectivity index (χ3v) is 1.38. The number of hydrogen-bond donors (Lipinski definition) is 2. The second kappa shape index (κ2) is 6.64. The highest BCUT2D eigenvalue weighted by atomic mass is 16.6. The molecule has 0 aliphatic rings. The summed E-state index contributed by atoms with van der Waals surface area (Å²) in [6.45, 7) is 0.948. The number of hydrogen-bond acceptors (Lipinski definition) is 8. The van der Waals surface area contributed by atoms with Crippen LogP contribution in [0.3, 0.4) is 0 Å². The minimum Gasteiger partial charge on any atom is -0.473 e. The zero-order valence-corrected chi connectivity index (χ0v) is 9.24. The van der Waals surface area contributed by atoms with E-state index in [1.165, 1.54) is 0 Å². The van der Waals surface area contributed by atoms with Crippen LogP contribution in [0.15, 0.2) is 11.6 Å². The third-order valence-electron chi connectivity index (χ3n) is 1.38. The Labute approximate surface area is 104 Å². The highest BCUT2D eigenvalue weighted by Crippen LogP contribution is 1.99. The second-order valence-electron chi connectivity index (χ2n) is 2.82. The Morgan fingerprint density at radius 1 is 0.789 bits per heavy atom. The van der Waals surface area contributed by atoms with Gasteiger partial charge in [0.1, 0.15) is 0 Å². The zero-order chi connectivity index (χ0) is 15.2. The van der Waals surface area contributed by atoms with Crippen LogP contribution >= 0.6 is 0 Å². The molecule has 0 saturated carbocycles. The van der Waals surface area contributed by atoms with Gasteiger partial charge in [-0.25, -0.2) is 28.8 Å². The van der Waals surface area contributed by atoms with Crippen LogP contribution in [0.5, 0.6) is 0 Å². The largest absolute Gasteiger partial charge is 0.473 e. The number of rotatable bonds is 2. The van der Waals surface area contributed by atoms with Crippen LogP contribution in [0.4, 0.5) is 0 Å². The highest BCUT2D eigenvalue weighted by Gasteiger charge is 2.21. The summed E-state index contributed by atoms with van der Waals surface area (Å²) in [7, 11) is 0. The first kappa shape index (κ1) is 16.0. The first-order chi connectivity index (χ1) is 8.65. The van der Waals surface area contributed by atoms with E-state index in [2.05, 4.69) is 9.47 Å². The van der Waals surface area contributed by atoms with Crippen LogP contribution in [0, 0.1) is 0 Å². The minimum absolute atomic E-state index is 0.359. The molecule has 0 bridgehead atoms. The van der Waals surface area contributed by atoms with Crippen molar-refractivity contribution in [3.05, 3.63) is 11.6 Å². The molecule has 0 heterocycles. The van der Waals surface area contributed by atoms with Gasteiger partial charge in [0, 0.05) is 11.6 Å².